The normalized spacial score (nSPS) is 20.6. The fraction of sp³-hybridized carbons (Fsp3) is 0.562. The number of amides is 1. The number of benzene rings is 1. The van der Waals surface area contributed by atoms with Gasteiger partial charge in [-0.05, 0) is 31.2 Å². The molecule has 0 unspecified atom stereocenters. The summed E-state index contributed by atoms with van der Waals surface area (Å²) in [5.74, 6) is 0.608. The summed E-state index contributed by atoms with van der Waals surface area (Å²) < 4.78 is 0. The van der Waals surface area contributed by atoms with Gasteiger partial charge in [0.1, 0.15) is 0 Å². The lowest BCUT2D eigenvalue weighted by Gasteiger charge is -2.33. The highest BCUT2D eigenvalue weighted by molar-refractivity contribution is 5.96. The van der Waals surface area contributed by atoms with Gasteiger partial charge in [0.25, 0.3) is 0 Å². The minimum Gasteiger partial charge on any atom is -0.311 e. The first-order valence-corrected chi connectivity index (χ1v) is 7.17. The molecule has 3 rings (SSSR count). The van der Waals surface area contributed by atoms with E-state index in [4.69, 9.17) is 0 Å². The summed E-state index contributed by atoms with van der Waals surface area (Å²) in [5, 5.41) is 0. The number of aryl methyl sites for hydroxylation is 1. The first kappa shape index (κ1) is 11.8. The minimum absolute atomic E-state index is 0.262. The number of carbonyl (C=O) groups excluding carboxylic acids is 1. The second-order valence-electron chi connectivity index (χ2n) is 5.47. The minimum atomic E-state index is 0.262. The van der Waals surface area contributed by atoms with Crippen molar-refractivity contribution in [1.29, 1.82) is 0 Å². The Bertz CT molecular complexity index is 434. The van der Waals surface area contributed by atoms with Gasteiger partial charge in [0.2, 0.25) is 5.91 Å². The molecule has 0 saturated heterocycles. The van der Waals surface area contributed by atoms with E-state index in [0.29, 0.717) is 5.91 Å². The molecular weight excluding hydrogens is 222 g/mol. The van der Waals surface area contributed by atoms with Crippen molar-refractivity contribution in [3.8, 4) is 0 Å². The van der Waals surface area contributed by atoms with E-state index in [9.17, 15) is 4.79 Å². The molecule has 1 amide bonds. The highest BCUT2D eigenvalue weighted by Crippen LogP contribution is 2.31. The summed E-state index contributed by atoms with van der Waals surface area (Å²) in [6.45, 7) is 0.878. The van der Waals surface area contributed by atoms with Crippen LogP contribution in [-0.2, 0) is 11.2 Å². The molecule has 2 nitrogen and oxygen atoms in total. The molecule has 1 heterocycles. The molecule has 0 atom stereocenters. The van der Waals surface area contributed by atoms with Crippen LogP contribution in [-0.4, -0.2) is 12.5 Å². The van der Waals surface area contributed by atoms with Crippen LogP contribution in [0.15, 0.2) is 18.2 Å². The van der Waals surface area contributed by atoms with Gasteiger partial charge in [0.15, 0.2) is 0 Å². The Morgan fingerprint density at radius 1 is 1.22 bits per heavy atom. The van der Waals surface area contributed by atoms with Crippen molar-refractivity contribution in [2.45, 2.75) is 44.9 Å². The van der Waals surface area contributed by atoms with Crippen LogP contribution in [0.25, 0.3) is 0 Å². The molecule has 1 aliphatic heterocycles. The molecule has 1 fully saturated rings. The molecule has 18 heavy (non-hydrogen) atoms. The lowest BCUT2D eigenvalue weighted by Crippen LogP contribution is -2.40. The molecule has 1 radical (unpaired) electrons. The zero-order valence-corrected chi connectivity index (χ0v) is 10.8. The lowest BCUT2D eigenvalue weighted by molar-refractivity contribution is -0.123. The first-order chi connectivity index (χ1) is 8.86. The smallest absolute Gasteiger partial charge is 0.230 e. The topological polar surface area (TPSA) is 20.3 Å². The highest BCUT2D eigenvalue weighted by atomic mass is 16.2. The van der Waals surface area contributed by atoms with Crippen LogP contribution in [0.5, 0.6) is 0 Å². The summed E-state index contributed by atoms with van der Waals surface area (Å²) >= 11 is 0. The summed E-state index contributed by atoms with van der Waals surface area (Å²) in [6, 6.07) is 9.34. The van der Waals surface area contributed by atoms with E-state index in [1.807, 2.05) is 17.0 Å². The van der Waals surface area contributed by atoms with E-state index in [-0.39, 0.29) is 5.92 Å². The van der Waals surface area contributed by atoms with Crippen molar-refractivity contribution in [3.63, 3.8) is 0 Å². The average Bonchev–Trinajstić information content (AvgIpc) is 2.47. The Labute approximate surface area is 109 Å². The predicted molar refractivity (Wildman–Crippen MR) is 72.5 cm³/mol. The van der Waals surface area contributed by atoms with Crippen LogP contribution in [0, 0.1) is 12.0 Å². The van der Waals surface area contributed by atoms with Crippen LogP contribution in [0.4, 0.5) is 5.69 Å². The molecule has 2 heteroatoms. The lowest BCUT2D eigenvalue weighted by atomic mass is 9.87. The van der Waals surface area contributed by atoms with Gasteiger partial charge in [-0.25, -0.2) is 0 Å². The van der Waals surface area contributed by atoms with Crippen LogP contribution >= 0.6 is 0 Å². The van der Waals surface area contributed by atoms with Gasteiger partial charge in [-0.3, -0.25) is 4.79 Å². The van der Waals surface area contributed by atoms with Gasteiger partial charge in [-0.2, -0.15) is 0 Å². The maximum absolute atomic E-state index is 12.6. The van der Waals surface area contributed by atoms with Gasteiger partial charge in [-0.1, -0.05) is 37.5 Å². The molecule has 1 aromatic rings. The molecule has 1 aromatic carbocycles. The fourth-order valence-corrected chi connectivity index (χ4v) is 3.25. The van der Waals surface area contributed by atoms with E-state index in [1.165, 1.54) is 24.8 Å². The average molecular weight is 242 g/mol. The summed E-state index contributed by atoms with van der Waals surface area (Å²) in [7, 11) is 0. The predicted octanol–water partition coefficient (Wildman–Crippen LogP) is 3.35. The van der Waals surface area contributed by atoms with Crippen molar-refractivity contribution in [2.75, 3.05) is 11.4 Å². The summed E-state index contributed by atoms with van der Waals surface area (Å²) in [6.07, 6.45) is 8.07. The number of carbonyl (C=O) groups is 1. The van der Waals surface area contributed by atoms with Crippen LogP contribution in [0.2, 0.25) is 0 Å². The number of fused-ring (bicyclic) bond motifs is 1. The Balaban J connectivity index is 1.82. The zero-order chi connectivity index (χ0) is 12.4. The SMILES string of the molecule is O=C(C1CCCCC1)N1CCCc2ccc[c]c21. The summed E-state index contributed by atoms with van der Waals surface area (Å²) in [5.41, 5.74) is 2.33. The third-order valence-corrected chi connectivity index (χ3v) is 4.24. The highest BCUT2D eigenvalue weighted by Gasteiger charge is 2.29. The number of anilines is 1. The molecule has 0 bridgehead atoms. The number of hydrogen-bond donors (Lipinski definition) is 0. The van der Waals surface area contributed by atoms with E-state index in [0.717, 1.165) is 37.9 Å². The Morgan fingerprint density at radius 2 is 2.06 bits per heavy atom. The number of nitrogens with zero attached hydrogens (tertiary/aromatic N) is 1. The van der Waals surface area contributed by atoms with E-state index in [2.05, 4.69) is 12.1 Å². The molecule has 0 aromatic heterocycles. The quantitative estimate of drug-likeness (QED) is 0.739. The number of rotatable bonds is 1. The third kappa shape index (κ3) is 2.16. The largest absolute Gasteiger partial charge is 0.311 e. The first-order valence-electron chi connectivity index (χ1n) is 7.17. The van der Waals surface area contributed by atoms with Crippen molar-refractivity contribution in [2.24, 2.45) is 5.92 Å². The maximum atomic E-state index is 12.6. The van der Waals surface area contributed by atoms with Crippen molar-refractivity contribution >= 4 is 11.6 Å². The zero-order valence-electron chi connectivity index (χ0n) is 10.8. The maximum Gasteiger partial charge on any atom is 0.230 e. The van der Waals surface area contributed by atoms with Crippen molar-refractivity contribution in [3.05, 3.63) is 29.8 Å². The molecule has 0 spiro atoms. The molecule has 1 aliphatic carbocycles. The van der Waals surface area contributed by atoms with Crippen LogP contribution < -0.4 is 4.90 Å². The van der Waals surface area contributed by atoms with Crippen LogP contribution in [0.3, 0.4) is 0 Å². The van der Waals surface area contributed by atoms with E-state index >= 15 is 0 Å². The second kappa shape index (κ2) is 5.13. The Morgan fingerprint density at radius 3 is 2.89 bits per heavy atom. The molecule has 2 aliphatic rings. The molecular formula is C16H20NO. The van der Waals surface area contributed by atoms with Gasteiger partial charge >= 0.3 is 0 Å². The monoisotopic (exact) mass is 242 g/mol. The van der Waals surface area contributed by atoms with Crippen molar-refractivity contribution in [1.82, 2.24) is 0 Å². The Kier molecular flexibility index (Phi) is 3.35. The number of hydrogen-bond acceptors (Lipinski definition) is 1. The van der Waals surface area contributed by atoms with E-state index < -0.39 is 0 Å². The van der Waals surface area contributed by atoms with E-state index in [1.54, 1.807) is 0 Å². The second-order valence-corrected chi connectivity index (χ2v) is 5.47. The Hall–Kier alpha value is -1.31. The van der Waals surface area contributed by atoms with Gasteiger partial charge in [0.05, 0.1) is 5.69 Å². The summed E-state index contributed by atoms with van der Waals surface area (Å²) in [4.78, 5) is 14.6. The standard InChI is InChI=1S/C16H20NO/c18-16(14-8-2-1-3-9-14)17-12-6-10-13-7-4-5-11-15(13)17/h4-5,7,14H,1-3,6,8-10,12H2. The fourth-order valence-electron chi connectivity index (χ4n) is 3.25. The molecule has 95 valence electrons. The third-order valence-electron chi connectivity index (χ3n) is 4.24. The molecule has 0 N–H and O–H groups in total. The van der Waals surface area contributed by atoms with Crippen molar-refractivity contribution < 1.29 is 4.79 Å². The molecule has 1 saturated carbocycles. The van der Waals surface area contributed by atoms with Gasteiger partial charge in [-0.15, -0.1) is 0 Å². The van der Waals surface area contributed by atoms with Crippen LogP contribution in [0.1, 0.15) is 44.1 Å². The van der Waals surface area contributed by atoms with Gasteiger partial charge < -0.3 is 4.90 Å². The number of para-hydroxylation sites is 1. The van der Waals surface area contributed by atoms with Gasteiger partial charge in [0, 0.05) is 18.5 Å².